The largest absolute Gasteiger partial charge is 0.455 e. The van der Waals surface area contributed by atoms with Gasteiger partial charge in [-0.3, -0.25) is 4.79 Å². The molecule has 2 aliphatic heterocycles. The summed E-state index contributed by atoms with van der Waals surface area (Å²) < 4.78 is 5.53. The van der Waals surface area contributed by atoms with Gasteiger partial charge in [0.05, 0.1) is 5.92 Å². The molecule has 6 nitrogen and oxygen atoms in total. The first-order chi connectivity index (χ1) is 11.3. The highest BCUT2D eigenvalue weighted by molar-refractivity contribution is 7.10. The molecule has 7 heteroatoms. The minimum absolute atomic E-state index is 0.0117. The van der Waals surface area contributed by atoms with E-state index in [0.717, 1.165) is 23.4 Å². The summed E-state index contributed by atoms with van der Waals surface area (Å²) in [6.45, 7) is 7.38. The molecule has 1 saturated heterocycles. The molecule has 2 aliphatic rings. The van der Waals surface area contributed by atoms with Crippen molar-refractivity contribution in [3.05, 3.63) is 27.9 Å². The summed E-state index contributed by atoms with van der Waals surface area (Å²) in [7, 11) is 0. The highest BCUT2D eigenvalue weighted by atomic mass is 32.1. The van der Waals surface area contributed by atoms with Crippen molar-refractivity contribution in [2.45, 2.75) is 52.2 Å². The van der Waals surface area contributed by atoms with Crippen molar-refractivity contribution in [3.63, 3.8) is 0 Å². The van der Waals surface area contributed by atoms with E-state index in [1.54, 1.807) is 10.4 Å². The average molecular weight is 347 g/mol. The highest BCUT2D eigenvalue weighted by Crippen LogP contribution is 2.41. The number of aromatic nitrogens is 2. The van der Waals surface area contributed by atoms with Gasteiger partial charge in [0, 0.05) is 6.04 Å². The first-order valence-electron chi connectivity index (χ1n) is 8.02. The van der Waals surface area contributed by atoms with Crippen LogP contribution in [0.2, 0.25) is 0 Å². The van der Waals surface area contributed by atoms with Gasteiger partial charge in [0.25, 0.3) is 0 Å². The number of hydrogen-bond donors (Lipinski definition) is 0. The fraction of sp³-hybridized carbons (Fsp3) is 0.529. The second-order valence-electron chi connectivity index (χ2n) is 7.09. The Kier molecular flexibility index (Phi) is 4.29. The second-order valence-corrected chi connectivity index (χ2v) is 7.95. The van der Waals surface area contributed by atoms with E-state index in [9.17, 15) is 9.59 Å². The Morgan fingerprint density at radius 3 is 2.79 bits per heavy atom. The summed E-state index contributed by atoms with van der Waals surface area (Å²) in [5.74, 6) is -0.483. The van der Waals surface area contributed by atoms with Crippen LogP contribution in [0.3, 0.4) is 0 Å². The number of esters is 1. The molecule has 128 valence electrons. The van der Waals surface area contributed by atoms with Crippen molar-refractivity contribution in [3.8, 4) is 0 Å². The number of nitrogens with zero attached hydrogens (tertiary/aromatic N) is 3. The van der Waals surface area contributed by atoms with Crippen LogP contribution in [0.15, 0.2) is 22.9 Å². The lowest BCUT2D eigenvalue weighted by Gasteiger charge is -2.49. The van der Waals surface area contributed by atoms with Gasteiger partial charge < -0.3 is 9.64 Å². The molecule has 0 spiro atoms. The van der Waals surface area contributed by atoms with Gasteiger partial charge in [0.1, 0.15) is 21.8 Å². The van der Waals surface area contributed by atoms with E-state index >= 15 is 0 Å². The maximum Gasteiger partial charge on any atom is 0.355 e. The Morgan fingerprint density at radius 1 is 1.42 bits per heavy atom. The summed E-state index contributed by atoms with van der Waals surface area (Å²) in [6.07, 6.45) is 5.27. The van der Waals surface area contributed by atoms with Gasteiger partial charge in [0.15, 0.2) is 0 Å². The van der Waals surface area contributed by atoms with E-state index < -0.39 is 11.6 Å². The van der Waals surface area contributed by atoms with Crippen molar-refractivity contribution in [2.75, 3.05) is 0 Å². The van der Waals surface area contributed by atoms with Gasteiger partial charge in [-0.25, -0.2) is 4.79 Å². The molecule has 24 heavy (non-hydrogen) atoms. The summed E-state index contributed by atoms with van der Waals surface area (Å²) in [5, 5.41) is 8.52. The van der Waals surface area contributed by atoms with Crippen LogP contribution in [0, 0.1) is 5.92 Å². The van der Waals surface area contributed by atoms with Crippen molar-refractivity contribution in [1.29, 1.82) is 0 Å². The first-order valence-corrected chi connectivity index (χ1v) is 8.90. The molecule has 0 radical (unpaired) electrons. The minimum atomic E-state index is -0.607. The monoisotopic (exact) mass is 347 g/mol. The minimum Gasteiger partial charge on any atom is -0.455 e. The van der Waals surface area contributed by atoms with Gasteiger partial charge in [0.2, 0.25) is 5.91 Å². The number of carbonyl (C=O) groups excluding carboxylic acids is 2. The quantitative estimate of drug-likeness (QED) is 0.621. The van der Waals surface area contributed by atoms with Crippen LogP contribution in [0.1, 0.15) is 45.5 Å². The van der Waals surface area contributed by atoms with Gasteiger partial charge in [-0.05, 0) is 45.3 Å². The predicted octanol–water partition coefficient (Wildman–Crippen LogP) is 2.79. The number of carbonyl (C=O) groups is 2. The van der Waals surface area contributed by atoms with Crippen LogP contribution in [-0.4, -0.2) is 38.6 Å². The molecule has 0 saturated carbocycles. The third-order valence-corrected chi connectivity index (χ3v) is 4.85. The van der Waals surface area contributed by atoms with E-state index in [0.29, 0.717) is 5.70 Å². The van der Waals surface area contributed by atoms with E-state index in [2.05, 4.69) is 10.2 Å². The molecule has 0 aromatic carbocycles. The molecule has 0 aliphatic carbocycles. The van der Waals surface area contributed by atoms with Gasteiger partial charge in [-0.15, -0.1) is 21.5 Å². The molecule has 1 aromatic heterocycles. The number of hydrogen-bond acceptors (Lipinski definition) is 6. The predicted molar refractivity (Wildman–Crippen MR) is 90.8 cm³/mol. The van der Waals surface area contributed by atoms with Crippen molar-refractivity contribution >= 4 is 29.3 Å². The van der Waals surface area contributed by atoms with E-state index in [1.165, 1.54) is 11.3 Å². The topological polar surface area (TPSA) is 72.4 Å². The number of allylic oxidation sites excluding steroid dienone is 2. The number of fused-ring (bicyclic) bond motifs is 1. The first kappa shape index (κ1) is 16.8. The fourth-order valence-electron chi connectivity index (χ4n) is 3.06. The molecule has 0 bridgehead atoms. The average Bonchev–Trinajstić information content (AvgIpc) is 3.02. The number of rotatable bonds is 3. The van der Waals surface area contributed by atoms with Crippen LogP contribution in [-0.2, 0) is 14.3 Å². The fourth-order valence-corrected chi connectivity index (χ4v) is 3.51. The summed E-state index contributed by atoms with van der Waals surface area (Å²) >= 11 is 1.42. The Bertz CT molecular complexity index is 716. The Balaban J connectivity index is 1.95. The smallest absolute Gasteiger partial charge is 0.355 e. The number of amides is 1. The van der Waals surface area contributed by atoms with E-state index in [4.69, 9.17) is 4.74 Å². The molecule has 1 unspecified atom stereocenters. The molecule has 1 fully saturated rings. The SMILES string of the molecule is C[C@@H]1C(=O)N2C(C(=O)OC(C)(C)C)=C(/C=C\c3nncs3)CCC12. The summed E-state index contributed by atoms with van der Waals surface area (Å²) in [5.41, 5.74) is 2.24. The molecule has 2 atom stereocenters. The van der Waals surface area contributed by atoms with Gasteiger partial charge >= 0.3 is 5.97 Å². The summed E-state index contributed by atoms with van der Waals surface area (Å²) in [4.78, 5) is 26.6. The Labute approximate surface area is 145 Å². The van der Waals surface area contributed by atoms with Crippen LogP contribution in [0.5, 0.6) is 0 Å². The summed E-state index contributed by atoms with van der Waals surface area (Å²) in [6, 6.07) is 0.0960. The maximum atomic E-state index is 12.7. The zero-order chi connectivity index (χ0) is 17.5. The number of β-lactam (4-membered cyclic amide) rings is 1. The van der Waals surface area contributed by atoms with Crippen LogP contribution in [0.25, 0.3) is 6.08 Å². The zero-order valence-corrected chi connectivity index (χ0v) is 15.1. The molecule has 1 aromatic rings. The van der Waals surface area contributed by atoms with Crippen molar-refractivity contribution < 1.29 is 14.3 Å². The van der Waals surface area contributed by atoms with E-state index in [1.807, 2.05) is 39.8 Å². The van der Waals surface area contributed by atoms with Crippen LogP contribution < -0.4 is 0 Å². The molecular weight excluding hydrogens is 326 g/mol. The third-order valence-electron chi connectivity index (χ3n) is 4.19. The second kappa shape index (κ2) is 6.12. The van der Waals surface area contributed by atoms with Crippen molar-refractivity contribution in [2.24, 2.45) is 5.92 Å². The van der Waals surface area contributed by atoms with Crippen LogP contribution >= 0.6 is 11.3 Å². The lowest BCUT2D eigenvalue weighted by Crippen LogP contribution is -2.61. The lowest BCUT2D eigenvalue weighted by atomic mass is 9.80. The molecular formula is C17H21N3O3S. The normalized spacial score (nSPS) is 24.2. The third kappa shape index (κ3) is 3.13. The molecule has 3 rings (SSSR count). The van der Waals surface area contributed by atoms with Gasteiger partial charge in [-0.2, -0.15) is 0 Å². The highest BCUT2D eigenvalue weighted by Gasteiger charge is 2.50. The Morgan fingerprint density at radius 2 is 2.17 bits per heavy atom. The standard InChI is InChI=1S/C17H21N3O3S/c1-10-12-7-5-11(6-8-13-19-18-9-24-13)14(20(12)15(10)21)16(22)23-17(2,3)4/h6,8-10,12H,5,7H2,1-4H3/b8-6-/t10-,12?/m0/s1. The Hall–Kier alpha value is -2.02. The maximum absolute atomic E-state index is 12.7. The zero-order valence-electron chi connectivity index (χ0n) is 14.3. The van der Waals surface area contributed by atoms with Gasteiger partial charge in [-0.1, -0.05) is 13.0 Å². The molecule has 0 N–H and O–H groups in total. The lowest BCUT2D eigenvalue weighted by molar-refractivity contribution is -0.164. The molecule has 1 amide bonds. The van der Waals surface area contributed by atoms with Crippen molar-refractivity contribution in [1.82, 2.24) is 15.1 Å². The van der Waals surface area contributed by atoms with E-state index in [-0.39, 0.29) is 17.9 Å². The number of ether oxygens (including phenoxy) is 1. The molecule has 3 heterocycles. The van der Waals surface area contributed by atoms with Crippen LogP contribution in [0.4, 0.5) is 0 Å².